The van der Waals surface area contributed by atoms with Crippen molar-refractivity contribution in [2.75, 3.05) is 7.05 Å². The van der Waals surface area contributed by atoms with Crippen molar-refractivity contribution in [3.8, 4) is 0 Å². The second-order valence-electron chi connectivity index (χ2n) is 4.05. The first-order valence-corrected chi connectivity index (χ1v) is 8.54. The number of fused-ring (bicyclic) bond motifs is 1. The van der Waals surface area contributed by atoms with Gasteiger partial charge in [-0.2, -0.15) is 0 Å². The van der Waals surface area contributed by atoms with Gasteiger partial charge >= 0.3 is 0 Å². The van der Waals surface area contributed by atoms with Crippen molar-refractivity contribution in [2.45, 2.75) is 12.5 Å². The second kappa shape index (κ2) is 5.31. The summed E-state index contributed by atoms with van der Waals surface area (Å²) in [5, 5.41) is 5.56. The topological polar surface area (TPSA) is 12.0 Å². The summed E-state index contributed by atoms with van der Waals surface area (Å²) in [7, 11) is 2.02. The van der Waals surface area contributed by atoms with Crippen molar-refractivity contribution in [2.24, 2.45) is 0 Å². The largest absolute Gasteiger partial charge is 0.312 e. The van der Waals surface area contributed by atoms with E-state index in [1.165, 1.54) is 19.2 Å². The molecule has 94 valence electrons. The number of thiophene rings is 3. The van der Waals surface area contributed by atoms with Gasteiger partial charge in [-0.3, -0.25) is 0 Å². The number of rotatable bonds is 4. The Kier molecular flexibility index (Phi) is 3.73. The maximum absolute atomic E-state index is 5.98. The second-order valence-corrected chi connectivity index (χ2v) is 7.91. The van der Waals surface area contributed by atoms with E-state index in [9.17, 15) is 0 Å². The summed E-state index contributed by atoms with van der Waals surface area (Å²) in [6.07, 6.45) is 1.00. The van der Waals surface area contributed by atoms with E-state index in [2.05, 4.69) is 28.9 Å². The smallest absolute Gasteiger partial charge is 0.0931 e. The summed E-state index contributed by atoms with van der Waals surface area (Å²) in [5.41, 5.74) is 0. The molecule has 0 radical (unpaired) electrons. The molecule has 3 aromatic rings. The van der Waals surface area contributed by atoms with Crippen molar-refractivity contribution in [3.05, 3.63) is 43.7 Å². The Bertz CT molecular complexity index is 623. The van der Waals surface area contributed by atoms with E-state index in [1.807, 2.05) is 35.8 Å². The van der Waals surface area contributed by atoms with Gasteiger partial charge < -0.3 is 5.32 Å². The van der Waals surface area contributed by atoms with Crippen molar-refractivity contribution >= 4 is 55.0 Å². The Hall–Kier alpha value is -0.390. The first kappa shape index (κ1) is 12.6. The highest BCUT2D eigenvalue weighted by Crippen LogP contribution is 2.35. The third kappa shape index (κ3) is 2.49. The van der Waals surface area contributed by atoms with E-state index >= 15 is 0 Å². The van der Waals surface area contributed by atoms with Crippen LogP contribution in [0.3, 0.4) is 0 Å². The predicted octanol–water partition coefficient (Wildman–Crippen LogP) is 5.18. The molecular weight excluding hydrogens is 302 g/mol. The first-order valence-electron chi connectivity index (χ1n) is 5.64. The van der Waals surface area contributed by atoms with Crippen LogP contribution >= 0.6 is 45.6 Å². The highest BCUT2D eigenvalue weighted by Gasteiger charge is 2.15. The van der Waals surface area contributed by atoms with E-state index in [0.717, 1.165) is 10.8 Å². The van der Waals surface area contributed by atoms with Gasteiger partial charge in [-0.05, 0) is 36.7 Å². The molecule has 0 aliphatic heterocycles. The quantitative estimate of drug-likeness (QED) is 0.699. The Balaban J connectivity index is 1.85. The minimum atomic E-state index is 0.379. The van der Waals surface area contributed by atoms with Crippen molar-refractivity contribution in [1.29, 1.82) is 0 Å². The van der Waals surface area contributed by atoms with Gasteiger partial charge in [-0.25, -0.2) is 0 Å². The Morgan fingerprint density at radius 2 is 2.11 bits per heavy atom. The summed E-state index contributed by atoms with van der Waals surface area (Å²) in [6, 6.07) is 8.97. The third-order valence-electron chi connectivity index (χ3n) is 2.88. The summed E-state index contributed by atoms with van der Waals surface area (Å²) in [4.78, 5) is 2.74. The number of nitrogens with one attached hydrogen (secondary N) is 1. The Morgan fingerprint density at radius 3 is 2.78 bits per heavy atom. The highest BCUT2D eigenvalue weighted by atomic mass is 35.5. The molecule has 3 heterocycles. The molecule has 1 N–H and O–H groups in total. The number of halogens is 1. The molecule has 18 heavy (non-hydrogen) atoms. The summed E-state index contributed by atoms with van der Waals surface area (Å²) >= 11 is 11.3. The van der Waals surface area contributed by atoms with Gasteiger partial charge in [0.15, 0.2) is 0 Å². The Morgan fingerprint density at radius 1 is 1.22 bits per heavy atom. The highest BCUT2D eigenvalue weighted by molar-refractivity contribution is 7.27. The molecule has 1 nitrogen and oxygen atoms in total. The zero-order valence-electron chi connectivity index (χ0n) is 9.77. The lowest BCUT2D eigenvalue weighted by atomic mass is 10.1. The van der Waals surface area contributed by atoms with Gasteiger partial charge in [0, 0.05) is 31.6 Å². The van der Waals surface area contributed by atoms with E-state index in [0.29, 0.717) is 6.04 Å². The summed E-state index contributed by atoms with van der Waals surface area (Å²) < 4.78 is 3.64. The number of likely N-dealkylation sites (N-methyl/N-ethyl adjacent to an activating group) is 1. The molecule has 3 aromatic heterocycles. The van der Waals surface area contributed by atoms with Crippen molar-refractivity contribution in [1.82, 2.24) is 5.32 Å². The van der Waals surface area contributed by atoms with Crippen molar-refractivity contribution in [3.63, 3.8) is 0 Å². The fraction of sp³-hybridized carbons (Fsp3) is 0.231. The van der Waals surface area contributed by atoms with Gasteiger partial charge in [0.05, 0.1) is 4.34 Å². The third-order valence-corrected chi connectivity index (χ3v) is 6.35. The average molecular weight is 314 g/mol. The molecule has 0 aliphatic carbocycles. The lowest BCUT2D eigenvalue weighted by molar-refractivity contribution is 0.607. The van der Waals surface area contributed by atoms with Crippen LogP contribution in [0.4, 0.5) is 0 Å². The fourth-order valence-electron chi connectivity index (χ4n) is 1.96. The van der Waals surface area contributed by atoms with Crippen LogP contribution in [0.25, 0.3) is 9.40 Å². The maximum atomic E-state index is 5.98. The van der Waals surface area contributed by atoms with Gasteiger partial charge in [-0.15, -0.1) is 34.0 Å². The predicted molar refractivity (Wildman–Crippen MR) is 84.5 cm³/mol. The Labute approximate surface area is 123 Å². The average Bonchev–Trinajstić information content (AvgIpc) is 3.00. The lowest BCUT2D eigenvalue weighted by Gasteiger charge is -2.12. The lowest BCUT2D eigenvalue weighted by Crippen LogP contribution is -2.17. The van der Waals surface area contributed by atoms with Crippen LogP contribution in [0, 0.1) is 0 Å². The first-order chi connectivity index (χ1) is 8.76. The number of hydrogen-bond donors (Lipinski definition) is 1. The summed E-state index contributed by atoms with van der Waals surface area (Å²) in [5.74, 6) is 0. The van der Waals surface area contributed by atoms with Crippen LogP contribution in [0.2, 0.25) is 4.34 Å². The van der Waals surface area contributed by atoms with Gasteiger partial charge in [0.2, 0.25) is 0 Å². The standard InChI is InChI=1S/C13H12ClNS3/c1-15-9(6-8-2-3-13(14)17-8)11-7-12-10(18-11)4-5-16-12/h2-5,7,9,15H,6H2,1H3. The molecule has 0 aliphatic rings. The van der Waals surface area contributed by atoms with E-state index in [1.54, 1.807) is 11.3 Å². The molecule has 0 saturated carbocycles. The molecule has 1 atom stereocenters. The minimum absolute atomic E-state index is 0.379. The zero-order valence-corrected chi connectivity index (χ0v) is 13.0. The molecule has 0 aromatic carbocycles. The minimum Gasteiger partial charge on any atom is -0.312 e. The van der Waals surface area contributed by atoms with Crippen LogP contribution in [0.5, 0.6) is 0 Å². The van der Waals surface area contributed by atoms with E-state index in [-0.39, 0.29) is 0 Å². The molecular formula is C13H12ClNS3. The van der Waals surface area contributed by atoms with Crippen LogP contribution in [0.1, 0.15) is 15.8 Å². The molecule has 3 rings (SSSR count). The normalized spacial score (nSPS) is 13.2. The van der Waals surface area contributed by atoms with Crippen molar-refractivity contribution < 1.29 is 0 Å². The maximum Gasteiger partial charge on any atom is 0.0931 e. The molecule has 5 heteroatoms. The molecule has 1 unspecified atom stereocenters. The van der Waals surface area contributed by atoms with Crippen LogP contribution < -0.4 is 5.32 Å². The van der Waals surface area contributed by atoms with Crippen LogP contribution in [-0.4, -0.2) is 7.05 Å². The number of hydrogen-bond acceptors (Lipinski definition) is 4. The summed E-state index contributed by atoms with van der Waals surface area (Å²) in [6.45, 7) is 0. The van der Waals surface area contributed by atoms with Gasteiger partial charge in [0.25, 0.3) is 0 Å². The van der Waals surface area contributed by atoms with Gasteiger partial charge in [-0.1, -0.05) is 11.6 Å². The molecule has 0 spiro atoms. The monoisotopic (exact) mass is 313 g/mol. The molecule has 0 bridgehead atoms. The SMILES string of the molecule is CNC(Cc1ccc(Cl)s1)c1cc2sccc2s1. The fourth-order valence-corrected chi connectivity index (χ4v) is 5.33. The van der Waals surface area contributed by atoms with Crippen LogP contribution in [-0.2, 0) is 6.42 Å². The van der Waals surface area contributed by atoms with Gasteiger partial charge in [0.1, 0.15) is 0 Å². The van der Waals surface area contributed by atoms with E-state index in [4.69, 9.17) is 11.6 Å². The zero-order chi connectivity index (χ0) is 12.5. The molecule has 0 amide bonds. The molecule has 0 fully saturated rings. The van der Waals surface area contributed by atoms with E-state index < -0.39 is 0 Å². The van der Waals surface area contributed by atoms with Crippen LogP contribution in [0.15, 0.2) is 29.6 Å². The molecule has 0 saturated heterocycles.